The summed E-state index contributed by atoms with van der Waals surface area (Å²) in [5.41, 5.74) is 1.01. The number of hydrogen-bond acceptors (Lipinski definition) is 3. The van der Waals surface area contributed by atoms with Crippen LogP contribution in [0.1, 0.15) is 24.2 Å². The lowest BCUT2D eigenvalue weighted by molar-refractivity contribution is 0.217. The first-order chi connectivity index (χ1) is 9.11. The van der Waals surface area contributed by atoms with E-state index in [9.17, 15) is 9.50 Å². The van der Waals surface area contributed by atoms with Crippen LogP contribution in [-0.4, -0.2) is 16.7 Å². The molecule has 2 aromatic rings. The van der Waals surface area contributed by atoms with Crippen molar-refractivity contribution in [3.63, 3.8) is 0 Å². The van der Waals surface area contributed by atoms with E-state index < -0.39 is 11.9 Å². The van der Waals surface area contributed by atoms with Crippen LogP contribution in [0.15, 0.2) is 41.1 Å². The van der Waals surface area contributed by atoms with E-state index in [1.807, 2.05) is 6.92 Å². The summed E-state index contributed by atoms with van der Waals surface area (Å²) < 4.78 is 19.2. The lowest BCUT2D eigenvalue weighted by Gasteiger charge is -2.14. The number of aliphatic hydroxyl groups excluding tert-OH is 1. The van der Waals surface area contributed by atoms with Crippen LogP contribution < -0.4 is 4.74 Å². The van der Waals surface area contributed by atoms with Gasteiger partial charge in [-0.2, -0.15) is 0 Å². The van der Waals surface area contributed by atoms with Gasteiger partial charge in [-0.3, -0.25) is 4.98 Å². The topological polar surface area (TPSA) is 42.4 Å². The van der Waals surface area contributed by atoms with Crippen LogP contribution in [0.4, 0.5) is 4.39 Å². The molecule has 0 saturated heterocycles. The molecule has 1 aromatic heterocycles. The molecule has 0 amide bonds. The van der Waals surface area contributed by atoms with Gasteiger partial charge in [0.25, 0.3) is 0 Å². The van der Waals surface area contributed by atoms with E-state index in [4.69, 9.17) is 4.74 Å². The van der Waals surface area contributed by atoms with Crippen LogP contribution in [0.25, 0.3) is 0 Å². The molecule has 1 unspecified atom stereocenters. The minimum absolute atomic E-state index is 0.397. The first-order valence-electron chi connectivity index (χ1n) is 5.82. The largest absolute Gasteiger partial charge is 0.492 e. The van der Waals surface area contributed by atoms with E-state index in [0.29, 0.717) is 28.0 Å². The van der Waals surface area contributed by atoms with Gasteiger partial charge < -0.3 is 9.84 Å². The molecule has 0 radical (unpaired) electrons. The van der Waals surface area contributed by atoms with Gasteiger partial charge in [-0.25, -0.2) is 4.39 Å². The molecule has 2 rings (SSSR count). The van der Waals surface area contributed by atoms with Crippen LogP contribution >= 0.6 is 15.9 Å². The first-order valence-corrected chi connectivity index (χ1v) is 6.62. The van der Waals surface area contributed by atoms with Crippen molar-refractivity contribution in [2.75, 3.05) is 6.61 Å². The molecular weight excluding hydrogens is 313 g/mol. The van der Waals surface area contributed by atoms with E-state index in [1.54, 1.807) is 18.3 Å². The van der Waals surface area contributed by atoms with E-state index in [1.165, 1.54) is 18.3 Å². The maximum absolute atomic E-state index is 13.3. The summed E-state index contributed by atoms with van der Waals surface area (Å²) in [5, 5.41) is 10.3. The molecule has 1 heterocycles. The zero-order valence-electron chi connectivity index (χ0n) is 10.3. The van der Waals surface area contributed by atoms with Crippen molar-refractivity contribution in [3.8, 4) is 5.75 Å². The molecule has 0 aliphatic rings. The highest BCUT2D eigenvalue weighted by atomic mass is 79.9. The minimum atomic E-state index is -0.960. The Bertz CT molecular complexity index is 577. The number of halogens is 2. The van der Waals surface area contributed by atoms with E-state index in [-0.39, 0.29) is 0 Å². The van der Waals surface area contributed by atoms with Gasteiger partial charge in [0.2, 0.25) is 0 Å². The first kappa shape index (κ1) is 14.0. The fourth-order valence-electron chi connectivity index (χ4n) is 1.73. The Morgan fingerprint density at radius 1 is 1.37 bits per heavy atom. The Balaban J connectivity index is 2.35. The molecule has 5 heteroatoms. The zero-order chi connectivity index (χ0) is 13.8. The van der Waals surface area contributed by atoms with E-state index in [2.05, 4.69) is 20.9 Å². The summed E-state index contributed by atoms with van der Waals surface area (Å²) >= 11 is 3.30. The number of hydrogen-bond donors (Lipinski definition) is 1. The number of aliphatic hydroxyl groups is 1. The Morgan fingerprint density at radius 2 is 2.16 bits per heavy atom. The fraction of sp³-hybridized carbons (Fsp3) is 0.214. The monoisotopic (exact) mass is 325 g/mol. The van der Waals surface area contributed by atoms with Crippen molar-refractivity contribution in [2.45, 2.75) is 13.0 Å². The van der Waals surface area contributed by atoms with Gasteiger partial charge in [0.15, 0.2) is 0 Å². The summed E-state index contributed by atoms with van der Waals surface area (Å²) in [7, 11) is 0. The molecule has 1 atom stereocenters. The lowest BCUT2D eigenvalue weighted by Crippen LogP contribution is -2.03. The summed E-state index contributed by atoms with van der Waals surface area (Å²) in [6, 6.07) is 5.88. The van der Waals surface area contributed by atoms with Crippen molar-refractivity contribution in [1.82, 2.24) is 4.98 Å². The number of rotatable bonds is 4. The average molecular weight is 326 g/mol. The molecule has 1 aromatic carbocycles. The highest BCUT2D eigenvalue weighted by molar-refractivity contribution is 9.10. The summed E-state index contributed by atoms with van der Waals surface area (Å²) in [5.74, 6) is 0.178. The molecule has 3 nitrogen and oxygen atoms in total. The fourth-order valence-corrected chi connectivity index (χ4v) is 2.20. The lowest BCUT2D eigenvalue weighted by atomic mass is 10.0. The van der Waals surface area contributed by atoms with Crippen molar-refractivity contribution in [2.24, 2.45) is 0 Å². The maximum atomic E-state index is 13.3. The highest BCUT2D eigenvalue weighted by Gasteiger charge is 2.15. The van der Waals surface area contributed by atoms with Gasteiger partial charge in [0, 0.05) is 21.8 Å². The summed E-state index contributed by atoms with van der Waals surface area (Å²) in [6.45, 7) is 2.39. The molecule has 100 valence electrons. The highest BCUT2D eigenvalue weighted by Crippen LogP contribution is 2.30. The van der Waals surface area contributed by atoms with Crippen LogP contribution in [0.5, 0.6) is 5.75 Å². The smallest absolute Gasteiger partial charge is 0.137 e. The minimum Gasteiger partial charge on any atom is -0.492 e. The number of pyridine rings is 1. The van der Waals surface area contributed by atoms with Gasteiger partial charge in [-0.1, -0.05) is 15.9 Å². The van der Waals surface area contributed by atoms with Gasteiger partial charge in [0.05, 0.1) is 12.8 Å². The SMILES string of the molecule is CCOc1cncc(C(O)c2cc(F)ccc2Br)c1. The van der Waals surface area contributed by atoms with E-state index in [0.717, 1.165) is 0 Å². The van der Waals surface area contributed by atoms with E-state index >= 15 is 0 Å². The third kappa shape index (κ3) is 3.30. The average Bonchev–Trinajstić information content (AvgIpc) is 2.41. The van der Waals surface area contributed by atoms with Crippen LogP contribution in [0.2, 0.25) is 0 Å². The number of ether oxygens (including phenoxy) is 1. The van der Waals surface area contributed by atoms with Crippen molar-refractivity contribution in [3.05, 3.63) is 58.1 Å². The van der Waals surface area contributed by atoms with Crippen LogP contribution in [-0.2, 0) is 0 Å². The molecule has 0 bridgehead atoms. The quantitative estimate of drug-likeness (QED) is 0.936. The Labute approximate surface area is 119 Å². The second kappa shape index (κ2) is 6.12. The van der Waals surface area contributed by atoms with Crippen LogP contribution in [0.3, 0.4) is 0 Å². The molecule has 19 heavy (non-hydrogen) atoms. The van der Waals surface area contributed by atoms with Crippen molar-refractivity contribution in [1.29, 1.82) is 0 Å². The van der Waals surface area contributed by atoms with Gasteiger partial charge in [-0.15, -0.1) is 0 Å². The van der Waals surface area contributed by atoms with Gasteiger partial charge in [-0.05, 0) is 31.2 Å². The normalized spacial score (nSPS) is 12.2. The second-order valence-electron chi connectivity index (χ2n) is 3.96. The molecule has 1 N–H and O–H groups in total. The van der Waals surface area contributed by atoms with Crippen molar-refractivity contribution < 1.29 is 14.2 Å². The summed E-state index contributed by atoms with van der Waals surface area (Å²) in [6.07, 6.45) is 2.14. The summed E-state index contributed by atoms with van der Waals surface area (Å²) in [4.78, 5) is 4.01. The Morgan fingerprint density at radius 3 is 2.89 bits per heavy atom. The molecular formula is C14H13BrFNO2. The molecule has 0 aliphatic heterocycles. The third-order valence-electron chi connectivity index (χ3n) is 2.61. The van der Waals surface area contributed by atoms with Gasteiger partial charge in [0.1, 0.15) is 17.7 Å². The zero-order valence-corrected chi connectivity index (χ0v) is 11.9. The Hall–Kier alpha value is -1.46. The Kier molecular flexibility index (Phi) is 4.50. The molecule has 0 saturated carbocycles. The molecule has 0 aliphatic carbocycles. The molecule has 0 spiro atoms. The maximum Gasteiger partial charge on any atom is 0.137 e. The molecule has 0 fully saturated rings. The van der Waals surface area contributed by atoms with Crippen LogP contribution in [0, 0.1) is 5.82 Å². The third-order valence-corrected chi connectivity index (χ3v) is 3.34. The second-order valence-corrected chi connectivity index (χ2v) is 4.81. The van der Waals surface area contributed by atoms with Gasteiger partial charge >= 0.3 is 0 Å². The number of aromatic nitrogens is 1. The number of benzene rings is 1. The standard InChI is InChI=1S/C14H13BrFNO2/c1-2-19-11-5-9(7-17-8-11)14(18)12-6-10(16)3-4-13(12)15/h3-8,14,18H,2H2,1H3. The number of nitrogens with zero attached hydrogens (tertiary/aromatic N) is 1. The van der Waals surface area contributed by atoms with Crippen molar-refractivity contribution >= 4 is 15.9 Å². The predicted octanol–water partition coefficient (Wildman–Crippen LogP) is 3.46. The predicted molar refractivity (Wildman–Crippen MR) is 73.6 cm³/mol.